The second kappa shape index (κ2) is 7.17. The van der Waals surface area contributed by atoms with Gasteiger partial charge in [-0.2, -0.15) is 0 Å². The van der Waals surface area contributed by atoms with Crippen LogP contribution in [0.2, 0.25) is 0 Å². The zero-order chi connectivity index (χ0) is 17.9. The molecule has 0 aliphatic carbocycles. The van der Waals surface area contributed by atoms with E-state index in [0.29, 0.717) is 26.2 Å². The number of nitrogens with zero attached hydrogens (tertiary/aromatic N) is 2. The van der Waals surface area contributed by atoms with Crippen molar-refractivity contribution in [2.75, 3.05) is 38.5 Å². The Morgan fingerprint density at radius 1 is 1.21 bits per heavy atom. The van der Waals surface area contributed by atoms with Gasteiger partial charge in [0.2, 0.25) is 0 Å². The average molecular weight is 337 g/mol. The lowest BCUT2D eigenvalue weighted by atomic mass is 10.1. The van der Waals surface area contributed by atoms with Gasteiger partial charge in [0.15, 0.2) is 0 Å². The first-order valence-corrected chi connectivity index (χ1v) is 7.94. The molecule has 6 nitrogen and oxygen atoms in total. The van der Waals surface area contributed by atoms with Crippen LogP contribution in [0.4, 0.5) is 10.1 Å². The maximum atomic E-state index is 13.5. The molecule has 1 aromatic rings. The molecule has 2 rings (SSSR count). The van der Waals surface area contributed by atoms with Crippen LogP contribution in [0.15, 0.2) is 18.2 Å². The fraction of sp³-hybridized carbons (Fsp3) is 0.529. The van der Waals surface area contributed by atoms with Gasteiger partial charge in [-0.25, -0.2) is 4.39 Å². The van der Waals surface area contributed by atoms with Crippen molar-refractivity contribution in [3.8, 4) is 0 Å². The number of hydrogen-bond donors (Lipinski definition) is 1. The van der Waals surface area contributed by atoms with Crippen molar-refractivity contribution in [1.29, 1.82) is 0 Å². The largest absolute Gasteiger partial charge is 0.459 e. The molecule has 0 bridgehead atoms. The van der Waals surface area contributed by atoms with Crippen LogP contribution in [0.5, 0.6) is 0 Å². The first-order chi connectivity index (χ1) is 11.2. The highest BCUT2D eigenvalue weighted by atomic mass is 19.1. The number of rotatable bonds is 3. The Morgan fingerprint density at radius 3 is 2.38 bits per heavy atom. The van der Waals surface area contributed by atoms with Gasteiger partial charge in [-0.1, -0.05) is 0 Å². The van der Waals surface area contributed by atoms with E-state index in [-0.39, 0.29) is 29.7 Å². The lowest BCUT2D eigenvalue weighted by Gasteiger charge is -2.34. The van der Waals surface area contributed by atoms with Crippen molar-refractivity contribution in [1.82, 2.24) is 9.80 Å². The monoisotopic (exact) mass is 337 g/mol. The van der Waals surface area contributed by atoms with Gasteiger partial charge in [0.25, 0.3) is 5.91 Å². The second-order valence-electron chi connectivity index (χ2n) is 6.89. The topological polar surface area (TPSA) is 75.9 Å². The number of carbonyl (C=O) groups excluding carboxylic acids is 2. The van der Waals surface area contributed by atoms with Crippen molar-refractivity contribution in [3.05, 3.63) is 29.6 Å². The van der Waals surface area contributed by atoms with E-state index in [0.717, 1.165) is 6.07 Å². The van der Waals surface area contributed by atoms with Gasteiger partial charge in [0, 0.05) is 31.7 Å². The van der Waals surface area contributed by atoms with Gasteiger partial charge in [0.05, 0.1) is 12.2 Å². The first-order valence-electron chi connectivity index (χ1n) is 7.94. The summed E-state index contributed by atoms with van der Waals surface area (Å²) in [5, 5.41) is 0. The fourth-order valence-corrected chi connectivity index (χ4v) is 2.51. The van der Waals surface area contributed by atoms with E-state index in [1.807, 2.05) is 25.7 Å². The number of amides is 1. The normalized spacial score (nSPS) is 16.1. The molecule has 0 aromatic heterocycles. The summed E-state index contributed by atoms with van der Waals surface area (Å²) >= 11 is 0. The number of esters is 1. The molecule has 24 heavy (non-hydrogen) atoms. The predicted molar refractivity (Wildman–Crippen MR) is 89.0 cm³/mol. The molecule has 0 atom stereocenters. The summed E-state index contributed by atoms with van der Waals surface area (Å²) < 4.78 is 18.8. The van der Waals surface area contributed by atoms with E-state index in [4.69, 9.17) is 10.5 Å². The maximum absolute atomic E-state index is 13.5. The van der Waals surface area contributed by atoms with E-state index in [2.05, 4.69) is 0 Å². The van der Waals surface area contributed by atoms with Crippen molar-refractivity contribution in [2.45, 2.75) is 26.4 Å². The van der Waals surface area contributed by atoms with Gasteiger partial charge in [-0.3, -0.25) is 14.5 Å². The molecule has 1 aliphatic heterocycles. The summed E-state index contributed by atoms with van der Waals surface area (Å²) in [5.74, 6) is -1.10. The highest BCUT2D eigenvalue weighted by molar-refractivity contribution is 5.94. The van der Waals surface area contributed by atoms with E-state index < -0.39 is 11.4 Å². The summed E-state index contributed by atoms with van der Waals surface area (Å²) in [6.45, 7) is 7.79. The van der Waals surface area contributed by atoms with Crippen molar-refractivity contribution >= 4 is 17.6 Å². The Balaban J connectivity index is 1.87. The molecule has 1 amide bonds. The lowest BCUT2D eigenvalue weighted by molar-refractivity contribution is -0.156. The number of ether oxygens (including phenoxy) is 1. The van der Waals surface area contributed by atoms with Crippen LogP contribution < -0.4 is 5.73 Å². The van der Waals surface area contributed by atoms with Crippen LogP contribution in [0.3, 0.4) is 0 Å². The molecule has 0 saturated carbocycles. The van der Waals surface area contributed by atoms with Crippen LogP contribution in [0.1, 0.15) is 31.1 Å². The zero-order valence-electron chi connectivity index (χ0n) is 14.3. The molecule has 1 fully saturated rings. The SMILES string of the molecule is CC(C)(C)OC(=O)CN1CCN(C(=O)c2ccc(N)c(F)c2)CC1. The summed E-state index contributed by atoms with van der Waals surface area (Å²) in [6, 6.07) is 4.07. The van der Waals surface area contributed by atoms with Gasteiger partial charge in [-0.15, -0.1) is 0 Å². The van der Waals surface area contributed by atoms with Gasteiger partial charge in [-0.05, 0) is 39.0 Å². The van der Waals surface area contributed by atoms with Crippen LogP contribution in [0.25, 0.3) is 0 Å². The quantitative estimate of drug-likeness (QED) is 0.668. The second-order valence-corrected chi connectivity index (χ2v) is 6.89. The number of halogens is 1. The van der Waals surface area contributed by atoms with E-state index in [1.165, 1.54) is 12.1 Å². The summed E-state index contributed by atoms with van der Waals surface area (Å²) in [4.78, 5) is 27.8. The molecule has 1 aliphatic rings. The fourth-order valence-electron chi connectivity index (χ4n) is 2.51. The first kappa shape index (κ1) is 18.2. The Hall–Kier alpha value is -2.15. The molecular formula is C17H24FN3O3. The highest BCUT2D eigenvalue weighted by Crippen LogP contribution is 2.15. The molecular weight excluding hydrogens is 313 g/mol. The number of piperazine rings is 1. The van der Waals surface area contributed by atoms with E-state index >= 15 is 0 Å². The van der Waals surface area contributed by atoms with Crippen molar-refractivity contribution in [2.24, 2.45) is 0 Å². The molecule has 1 heterocycles. The Labute approximate surface area is 141 Å². The average Bonchev–Trinajstić information content (AvgIpc) is 2.48. The molecule has 0 unspecified atom stereocenters. The third kappa shape index (κ3) is 4.92. The molecule has 7 heteroatoms. The minimum Gasteiger partial charge on any atom is -0.459 e. The molecule has 1 aromatic carbocycles. The molecule has 0 radical (unpaired) electrons. The number of anilines is 1. The summed E-state index contributed by atoms with van der Waals surface area (Å²) in [7, 11) is 0. The van der Waals surface area contributed by atoms with Crippen LogP contribution in [0, 0.1) is 5.82 Å². The van der Waals surface area contributed by atoms with Gasteiger partial charge < -0.3 is 15.4 Å². The molecule has 0 spiro atoms. The Kier molecular flexibility index (Phi) is 5.43. The third-order valence-electron chi connectivity index (χ3n) is 3.68. The maximum Gasteiger partial charge on any atom is 0.320 e. The summed E-state index contributed by atoms with van der Waals surface area (Å²) in [6.07, 6.45) is 0. The van der Waals surface area contributed by atoms with Crippen LogP contribution in [-0.4, -0.2) is 60.0 Å². The van der Waals surface area contributed by atoms with E-state index in [9.17, 15) is 14.0 Å². The number of benzene rings is 1. The minimum atomic E-state index is -0.593. The number of nitrogens with two attached hydrogens (primary N) is 1. The number of hydrogen-bond acceptors (Lipinski definition) is 5. The number of carbonyl (C=O) groups is 2. The third-order valence-corrected chi connectivity index (χ3v) is 3.68. The van der Waals surface area contributed by atoms with Gasteiger partial charge >= 0.3 is 5.97 Å². The lowest BCUT2D eigenvalue weighted by Crippen LogP contribution is -2.50. The predicted octanol–water partition coefficient (Wildman–Crippen LogP) is 1.51. The highest BCUT2D eigenvalue weighted by Gasteiger charge is 2.25. The zero-order valence-corrected chi connectivity index (χ0v) is 14.3. The van der Waals surface area contributed by atoms with E-state index in [1.54, 1.807) is 4.90 Å². The summed E-state index contributed by atoms with van der Waals surface area (Å²) in [5.41, 5.74) is 5.22. The van der Waals surface area contributed by atoms with Crippen molar-refractivity contribution < 1.29 is 18.7 Å². The standard InChI is InChI=1S/C17H24FN3O3/c1-17(2,3)24-15(22)11-20-6-8-21(9-7-20)16(23)12-4-5-14(19)13(18)10-12/h4-5,10H,6-9,11,19H2,1-3H3. The molecule has 2 N–H and O–H groups in total. The minimum absolute atomic E-state index is 0.0220. The smallest absolute Gasteiger partial charge is 0.320 e. The molecule has 132 valence electrons. The Bertz CT molecular complexity index is 620. The number of nitrogen functional groups attached to an aromatic ring is 1. The van der Waals surface area contributed by atoms with Crippen LogP contribution >= 0.6 is 0 Å². The van der Waals surface area contributed by atoms with Gasteiger partial charge in [0.1, 0.15) is 11.4 Å². The Morgan fingerprint density at radius 2 is 1.83 bits per heavy atom. The van der Waals surface area contributed by atoms with Crippen LogP contribution in [-0.2, 0) is 9.53 Å². The van der Waals surface area contributed by atoms with Crippen molar-refractivity contribution in [3.63, 3.8) is 0 Å². The molecule has 1 saturated heterocycles.